The summed E-state index contributed by atoms with van der Waals surface area (Å²) in [5.41, 5.74) is 2.74. The molecule has 7 heteroatoms. The van der Waals surface area contributed by atoms with Crippen molar-refractivity contribution in [3.63, 3.8) is 0 Å². The Labute approximate surface area is 172 Å². The van der Waals surface area contributed by atoms with Gasteiger partial charge >= 0.3 is 0 Å². The van der Waals surface area contributed by atoms with Crippen LogP contribution in [0.1, 0.15) is 11.1 Å². The van der Waals surface area contributed by atoms with Gasteiger partial charge in [-0.05, 0) is 54.4 Å². The molecule has 30 heavy (non-hydrogen) atoms. The molecule has 0 fully saturated rings. The van der Waals surface area contributed by atoms with Crippen LogP contribution < -0.4 is 10.2 Å². The lowest BCUT2D eigenvalue weighted by Crippen LogP contribution is -2.32. The predicted molar refractivity (Wildman–Crippen MR) is 114 cm³/mol. The average molecular weight is 399 g/mol. The van der Waals surface area contributed by atoms with Gasteiger partial charge in [-0.1, -0.05) is 30.3 Å². The quantitative estimate of drug-likeness (QED) is 0.392. The molecule has 3 aromatic rings. The lowest BCUT2D eigenvalue weighted by Gasteiger charge is -2.15. The van der Waals surface area contributed by atoms with Gasteiger partial charge in [0, 0.05) is 17.8 Å². The molecule has 148 valence electrons. The van der Waals surface area contributed by atoms with Crippen molar-refractivity contribution in [1.29, 1.82) is 0 Å². The summed E-state index contributed by atoms with van der Waals surface area (Å²) in [4.78, 5) is 38.1. The molecule has 1 N–H and O–H groups in total. The van der Waals surface area contributed by atoms with E-state index >= 15 is 0 Å². The Hall–Kier alpha value is -4.26. The summed E-state index contributed by atoms with van der Waals surface area (Å²) in [6.07, 6.45) is 0. The van der Waals surface area contributed by atoms with Gasteiger partial charge in [-0.25, -0.2) is 4.90 Å². The Morgan fingerprint density at radius 3 is 2.20 bits per heavy atom. The Balaban J connectivity index is 1.82. The third kappa shape index (κ3) is 3.44. The normalized spacial score (nSPS) is 13.7. The second kappa shape index (κ2) is 7.63. The summed E-state index contributed by atoms with van der Waals surface area (Å²) in [5.74, 6) is -0.976. The van der Waals surface area contributed by atoms with Crippen molar-refractivity contribution in [3.8, 4) is 0 Å². The number of anilines is 2. The minimum Gasteiger partial charge on any atom is -0.350 e. The third-order valence-corrected chi connectivity index (χ3v) is 4.75. The minimum absolute atomic E-state index is 0.0933. The van der Waals surface area contributed by atoms with Crippen molar-refractivity contribution in [2.24, 2.45) is 0 Å². The number of nitrogens with one attached hydrogen (secondary N) is 1. The third-order valence-electron chi connectivity index (χ3n) is 4.75. The number of amides is 2. The standard InChI is InChI=1S/C23H17N3O4/c1-15-6-5-7-17(14-15)24-21-20(16-10-12-19(13-11-16)26(29)30)22(27)25(23(21)28)18-8-3-2-4-9-18/h2-14,24H,1H3. The van der Waals surface area contributed by atoms with Gasteiger partial charge in [0.2, 0.25) is 0 Å². The Morgan fingerprint density at radius 2 is 1.57 bits per heavy atom. The predicted octanol–water partition coefficient (Wildman–Crippen LogP) is 4.30. The highest BCUT2D eigenvalue weighted by Crippen LogP contribution is 2.34. The number of hydrogen-bond acceptors (Lipinski definition) is 5. The van der Waals surface area contributed by atoms with E-state index in [9.17, 15) is 19.7 Å². The molecule has 0 bridgehead atoms. The molecule has 1 aliphatic heterocycles. The molecule has 0 saturated heterocycles. The average Bonchev–Trinajstić information content (AvgIpc) is 2.98. The van der Waals surface area contributed by atoms with Gasteiger partial charge < -0.3 is 5.32 Å². The van der Waals surface area contributed by atoms with Crippen LogP contribution in [0.4, 0.5) is 17.1 Å². The summed E-state index contributed by atoms with van der Waals surface area (Å²) in [5, 5.41) is 14.1. The Morgan fingerprint density at radius 1 is 0.867 bits per heavy atom. The number of carbonyl (C=O) groups is 2. The number of nitrogens with zero attached hydrogens (tertiary/aromatic N) is 2. The SMILES string of the molecule is Cc1cccc(NC2=C(c3ccc([N+](=O)[O-])cc3)C(=O)N(c3ccccc3)C2=O)c1. The van der Waals surface area contributed by atoms with Crippen LogP contribution >= 0.6 is 0 Å². The highest BCUT2D eigenvalue weighted by atomic mass is 16.6. The minimum atomic E-state index is -0.512. The van der Waals surface area contributed by atoms with Crippen LogP contribution in [0.3, 0.4) is 0 Å². The largest absolute Gasteiger partial charge is 0.350 e. The zero-order chi connectivity index (χ0) is 21.3. The maximum absolute atomic E-state index is 13.3. The van der Waals surface area contributed by atoms with Crippen molar-refractivity contribution in [2.45, 2.75) is 6.92 Å². The fourth-order valence-electron chi connectivity index (χ4n) is 3.34. The summed E-state index contributed by atoms with van der Waals surface area (Å²) < 4.78 is 0. The zero-order valence-corrected chi connectivity index (χ0v) is 16.0. The van der Waals surface area contributed by atoms with E-state index in [1.54, 1.807) is 36.4 Å². The maximum atomic E-state index is 13.3. The molecule has 1 heterocycles. The molecular weight excluding hydrogens is 382 g/mol. The fourth-order valence-corrected chi connectivity index (χ4v) is 3.34. The number of para-hydroxylation sites is 1. The Kier molecular flexibility index (Phi) is 4.85. The van der Waals surface area contributed by atoms with Crippen LogP contribution in [-0.2, 0) is 9.59 Å². The number of hydrogen-bond donors (Lipinski definition) is 1. The number of rotatable bonds is 5. The van der Waals surface area contributed by atoms with Gasteiger partial charge in [-0.2, -0.15) is 0 Å². The van der Waals surface area contributed by atoms with Crippen molar-refractivity contribution >= 4 is 34.4 Å². The topological polar surface area (TPSA) is 92.6 Å². The van der Waals surface area contributed by atoms with E-state index in [2.05, 4.69) is 5.32 Å². The first-order valence-electron chi connectivity index (χ1n) is 9.22. The van der Waals surface area contributed by atoms with Gasteiger partial charge in [0.1, 0.15) is 5.70 Å². The Bertz CT molecular complexity index is 1180. The van der Waals surface area contributed by atoms with E-state index in [0.717, 1.165) is 10.5 Å². The van der Waals surface area contributed by atoms with Gasteiger partial charge in [0.25, 0.3) is 17.5 Å². The van der Waals surface area contributed by atoms with Crippen LogP contribution in [0, 0.1) is 17.0 Å². The summed E-state index contributed by atoms with van der Waals surface area (Å²) >= 11 is 0. The van der Waals surface area contributed by atoms with Crippen LogP contribution in [-0.4, -0.2) is 16.7 Å². The molecule has 0 atom stereocenters. The summed E-state index contributed by atoms with van der Waals surface area (Å²) in [6, 6.07) is 21.7. The van der Waals surface area contributed by atoms with Crippen LogP contribution in [0.2, 0.25) is 0 Å². The first-order valence-corrected chi connectivity index (χ1v) is 9.22. The lowest BCUT2D eigenvalue weighted by molar-refractivity contribution is -0.384. The molecule has 7 nitrogen and oxygen atoms in total. The van der Waals surface area contributed by atoms with Gasteiger partial charge in [0.05, 0.1) is 16.2 Å². The van der Waals surface area contributed by atoms with Crippen molar-refractivity contribution in [3.05, 3.63) is 106 Å². The molecule has 1 aliphatic rings. The van der Waals surface area contributed by atoms with Gasteiger partial charge in [0.15, 0.2) is 0 Å². The molecule has 3 aromatic carbocycles. The van der Waals surface area contributed by atoms with Crippen LogP contribution in [0.15, 0.2) is 84.6 Å². The second-order valence-electron chi connectivity index (χ2n) is 6.83. The van der Waals surface area contributed by atoms with Gasteiger partial charge in [-0.3, -0.25) is 19.7 Å². The van der Waals surface area contributed by atoms with Gasteiger partial charge in [-0.15, -0.1) is 0 Å². The van der Waals surface area contributed by atoms with E-state index in [1.807, 2.05) is 25.1 Å². The van der Waals surface area contributed by atoms with E-state index in [1.165, 1.54) is 24.3 Å². The molecule has 0 radical (unpaired) electrons. The van der Waals surface area contributed by atoms with E-state index in [-0.39, 0.29) is 17.0 Å². The summed E-state index contributed by atoms with van der Waals surface area (Å²) in [6.45, 7) is 1.93. The van der Waals surface area contributed by atoms with Crippen molar-refractivity contribution < 1.29 is 14.5 Å². The van der Waals surface area contributed by atoms with Crippen molar-refractivity contribution in [1.82, 2.24) is 0 Å². The van der Waals surface area contributed by atoms with E-state index in [4.69, 9.17) is 0 Å². The zero-order valence-electron chi connectivity index (χ0n) is 16.0. The maximum Gasteiger partial charge on any atom is 0.282 e. The monoisotopic (exact) mass is 399 g/mol. The lowest BCUT2D eigenvalue weighted by atomic mass is 10.0. The number of aryl methyl sites for hydroxylation is 1. The number of non-ortho nitro benzene ring substituents is 1. The highest BCUT2D eigenvalue weighted by molar-refractivity contribution is 6.46. The second-order valence-corrected chi connectivity index (χ2v) is 6.83. The number of carbonyl (C=O) groups excluding carboxylic acids is 2. The molecule has 0 aromatic heterocycles. The first-order chi connectivity index (χ1) is 14.5. The van der Waals surface area contributed by atoms with Crippen LogP contribution in [0.5, 0.6) is 0 Å². The molecule has 2 amide bonds. The summed E-state index contributed by atoms with van der Waals surface area (Å²) in [7, 11) is 0. The fraction of sp³-hybridized carbons (Fsp3) is 0.0435. The first kappa shape index (κ1) is 19.1. The molecular formula is C23H17N3O4. The molecule has 0 unspecified atom stereocenters. The molecule has 0 aliphatic carbocycles. The van der Waals surface area contributed by atoms with Crippen LogP contribution in [0.25, 0.3) is 5.57 Å². The van der Waals surface area contributed by atoms with E-state index < -0.39 is 16.7 Å². The molecule has 4 rings (SSSR count). The van der Waals surface area contributed by atoms with E-state index in [0.29, 0.717) is 16.9 Å². The van der Waals surface area contributed by atoms with Crippen molar-refractivity contribution in [2.75, 3.05) is 10.2 Å². The number of benzene rings is 3. The highest BCUT2D eigenvalue weighted by Gasteiger charge is 2.40. The smallest absolute Gasteiger partial charge is 0.282 e. The number of imide groups is 1. The molecule has 0 saturated carbocycles. The number of nitro benzene ring substituents is 1. The molecule has 0 spiro atoms. The number of nitro groups is 1.